The van der Waals surface area contributed by atoms with E-state index in [2.05, 4.69) is 10.6 Å². The highest BCUT2D eigenvalue weighted by molar-refractivity contribution is 6.14. The van der Waals surface area contributed by atoms with E-state index in [0.29, 0.717) is 24.2 Å². The second-order valence-electron chi connectivity index (χ2n) is 5.62. The first kappa shape index (κ1) is 16.0. The van der Waals surface area contributed by atoms with Gasteiger partial charge >= 0.3 is 0 Å². The van der Waals surface area contributed by atoms with Crippen LogP contribution in [0.15, 0.2) is 48.5 Å². The molecule has 122 valence electrons. The fourth-order valence-electron chi connectivity index (χ4n) is 2.96. The van der Waals surface area contributed by atoms with Gasteiger partial charge in [-0.05, 0) is 59.7 Å². The molecule has 4 nitrogen and oxygen atoms in total. The summed E-state index contributed by atoms with van der Waals surface area (Å²) in [7, 11) is 0. The van der Waals surface area contributed by atoms with Crippen LogP contribution in [0, 0.1) is 0 Å². The zero-order valence-corrected chi connectivity index (χ0v) is 13.8. The smallest absolute Gasteiger partial charge is 0.251 e. The molecule has 0 saturated heterocycles. The summed E-state index contributed by atoms with van der Waals surface area (Å²) in [5, 5.41) is 9.36. The van der Waals surface area contributed by atoms with E-state index >= 15 is 0 Å². The van der Waals surface area contributed by atoms with Crippen LogP contribution in [-0.2, 0) is 0 Å². The Morgan fingerprint density at radius 2 is 1.21 bits per heavy atom. The van der Waals surface area contributed by atoms with Crippen molar-refractivity contribution in [3.8, 4) is 0 Å². The van der Waals surface area contributed by atoms with E-state index in [0.717, 1.165) is 21.5 Å². The summed E-state index contributed by atoms with van der Waals surface area (Å²) in [4.78, 5) is 24.7. The molecule has 0 spiro atoms. The fraction of sp³-hybridized carbons (Fsp3) is 0.200. The number of fused-ring (bicyclic) bond motifs is 2. The molecule has 0 aliphatic carbocycles. The maximum absolute atomic E-state index is 12.3. The van der Waals surface area contributed by atoms with Gasteiger partial charge < -0.3 is 10.6 Å². The third-order valence-electron chi connectivity index (χ3n) is 4.04. The van der Waals surface area contributed by atoms with E-state index in [1.54, 1.807) is 0 Å². The average Bonchev–Trinajstić information content (AvgIpc) is 2.59. The molecule has 0 aliphatic rings. The highest BCUT2D eigenvalue weighted by Gasteiger charge is 2.13. The molecule has 3 aromatic rings. The highest BCUT2D eigenvalue weighted by atomic mass is 16.2. The Labute approximate surface area is 140 Å². The van der Waals surface area contributed by atoms with E-state index < -0.39 is 0 Å². The number of rotatable bonds is 4. The molecule has 0 aromatic heterocycles. The second kappa shape index (κ2) is 6.71. The molecule has 0 fully saturated rings. The molecule has 2 amide bonds. The fourth-order valence-corrected chi connectivity index (χ4v) is 2.96. The lowest BCUT2D eigenvalue weighted by Crippen LogP contribution is -2.23. The maximum atomic E-state index is 12.3. The van der Waals surface area contributed by atoms with Crippen LogP contribution in [-0.4, -0.2) is 24.9 Å². The normalized spacial score (nSPS) is 10.8. The molecule has 0 saturated carbocycles. The van der Waals surface area contributed by atoms with Gasteiger partial charge in [0.15, 0.2) is 0 Å². The summed E-state index contributed by atoms with van der Waals surface area (Å²) in [6, 6.07) is 15.3. The van der Waals surface area contributed by atoms with E-state index in [-0.39, 0.29) is 11.8 Å². The van der Waals surface area contributed by atoms with Gasteiger partial charge in [-0.1, -0.05) is 24.3 Å². The molecule has 3 rings (SSSR count). The van der Waals surface area contributed by atoms with E-state index in [1.165, 1.54) is 0 Å². The van der Waals surface area contributed by atoms with Gasteiger partial charge in [0.25, 0.3) is 11.8 Å². The van der Waals surface area contributed by atoms with E-state index in [4.69, 9.17) is 0 Å². The third-order valence-corrected chi connectivity index (χ3v) is 4.04. The Morgan fingerprint density at radius 1 is 0.750 bits per heavy atom. The van der Waals surface area contributed by atoms with E-state index in [9.17, 15) is 9.59 Å². The van der Waals surface area contributed by atoms with Crippen LogP contribution in [0.5, 0.6) is 0 Å². The molecule has 24 heavy (non-hydrogen) atoms. The molecule has 2 N–H and O–H groups in total. The topological polar surface area (TPSA) is 58.2 Å². The largest absolute Gasteiger partial charge is 0.352 e. The Bertz CT molecular complexity index is 858. The van der Waals surface area contributed by atoms with Crippen molar-refractivity contribution in [2.75, 3.05) is 13.1 Å². The zero-order chi connectivity index (χ0) is 17.1. The van der Waals surface area contributed by atoms with Gasteiger partial charge in [0.05, 0.1) is 0 Å². The van der Waals surface area contributed by atoms with Gasteiger partial charge in [-0.15, -0.1) is 0 Å². The molecule has 0 heterocycles. The van der Waals surface area contributed by atoms with Crippen molar-refractivity contribution < 1.29 is 9.59 Å². The third kappa shape index (κ3) is 2.83. The van der Waals surface area contributed by atoms with Gasteiger partial charge in [0, 0.05) is 24.2 Å². The van der Waals surface area contributed by atoms with Gasteiger partial charge in [0.1, 0.15) is 0 Å². The second-order valence-corrected chi connectivity index (χ2v) is 5.62. The van der Waals surface area contributed by atoms with Gasteiger partial charge in [0.2, 0.25) is 0 Å². The SMILES string of the molecule is CCNC(=O)c1cccc2cc3cccc(C(=O)NCC)c3cc12. The summed E-state index contributed by atoms with van der Waals surface area (Å²) < 4.78 is 0. The minimum absolute atomic E-state index is 0.0991. The van der Waals surface area contributed by atoms with Gasteiger partial charge in [-0.2, -0.15) is 0 Å². The average molecular weight is 320 g/mol. The minimum atomic E-state index is -0.0991. The van der Waals surface area contributed by atoms with Crippen LogP contribution < -0.4 is 10.6 Å². The summed E-state index contributed by atoms with van der Waals surface area (Å²) in [6.45, 7) is 4.94. The molecule has 0 bridgehead atoms. The molecular weight excluding hydrogens is 300 g/mol. The molecule has 0 radical (unpaired) electrons. The summed E-state index contributed by atoms with van der Waals surface area (Å²) in [6.07, 6.45) is 0. The van der Waals surface area contributed by atoms with Crippen LogP contribution >= 0.6 is 0 Å². The zero-order valence-electron chi connectivity index (χ0n) is 13.8. The predicted molar refractivity (Wildman–Crippen MR) is 97.5 cm³/mol. The lowest BCUT2D eigenvalue weighted by atomic mass is 9.96. The molecule has 0 unspecified atom stereocenters. The first-order valence-corrected chi connectivity index (χ1v) is 8.17. The highest BCUT2D eigenvalue weighted by Crippen LogP contribution is 2.28. The summed E-state index contributed by atoms with van der Waals surface area (Å²) >= 11 is 0. The first-order valence-electron chi connectivity index (χ1n) is 8.17. The van der Waals surface area contributed by atoms with Crippen molar-refractivity contribution in [2.45, 2.75) is 13.8 Å². The lowest BCUT2D eigenvalue weighted by Gasteiger charge is -2.11. The molecular formula is C20H20N2O2. The van der Waals surface area contributed by atoms with Crippen LogP contribution in [0.4, 0.5) is 0 Å². The number of nitrogens with one attached hydrogen (secondary N) is 2. The maximum Gasteiger partial charge on any atom is 0.251 e. The Kier molecular flexibility index (Phi) is 4.47. The number of benzene rings is 3. The number of hydrogen-bond donors (Lipinski definition) is 2. The van der Waals surface area contributed by atoms with Crippen molar-refractivity contribution in [1.29, 1.82) is 0 Å². The Balaban J connectivity index is 2.27. The van der Waals surface area contributed by atoms with Gasteiger partial charge in [-0.3, -0.25) is 9.59 Å². The quantitative estimate of drug-likeness (QED) is 0.723. The van der Waals surface area contributed by atoms with Crippen molar-refractivity contribution in [3.05, 3.63) is 59.7 Å². The minimum Gasteiger partial charge on any atom is -0.352 e. The monoisotopic (exact) mass is 320 g/mol. The summed E-state index contributed by atoms with van der Waals surface area (Å²) in [5.41, 5.74) is 1.25. The summed E-state index contributed by atoms with van der Waals surface area (Å²) in [5.74, 6) is -0.198. The standard InChI is InChI=1S/C20H20N2O2/c1-3-21-19(23)15-9-5-7-13-11-14-8-6-10-16(20(24)22-4-2)18(14)12-17(13)15/h5-12H,3-4H2,1-2H3,(H,21,23)(H,22,24). The van der Waals surface area contributed by atoms with Crippen LogP contribution in [0.1, 0.15) is 34.6 Å². The van der Waals surface area contributed by atoms with Crippen molar-refractivity contribution in [2.24, 2.45) is 0 Å². The molecule has 4 heteroatoms. The number of amides is 2. The Hall–Kier alpha value is -2.88. The molecule has 3 aromatic carbocycles. The van der Waals surface area contributed by atoms with Gasteiger partial charge in [-0.25, -0.2) is 0 Å². The number of carbonyl (C=O) groups excluding carboxylic acids is 2. The van der Waals surface area contributed by atoms with Crippen molar-refractivity contribution in [3.63, 3.8) is 0 Å². The molecule has 0 aliphatic heterocycles. The Morgan fingerprint density at radius 3 is 1.62 bits per heavy atom. The predicted octanol–water partition coefficient (Wildman–Crippen LogP) is 3.49. The van der Waals surface area contributed by atoms with Crippen molar-refractivity contribution in [1.82, 2.24) is 10.6 Å². The number of hydrogen-bond acceptors (Lipinski definition) is 2. The van der Waals surface area contributed by atoms with Crippen molar-refractivity contribution >= 4 is 33.4 Å². The van der Waals surface area contributed by atoms with E-state index in [1.807, 2.05) is 62.4 Å². The number of carbonyl (C=O) groups is 2. The first-order chi connectivity index (χ1) is 11.7. The molecule has 0 atom stereocenters. The van der Waals surface area contributed by atoms with Crippen LogP contribution in [0.3, 0.4) is 0 Å². The lowest BCUT2D eigenvalue weighted by molar-refractivity contribution is 0.0949. The van der Waals surface area contributed by atoms with Crippen LogP contribution in [0.2, 0.25) is 0 Å². The van der Waals surface area contributed by atoms with Crippen LogP contribution in [0.25, 0.3) is 21.5 Å².